The van der Waals surface area contributed by atoms with Gasteiger partial charge in [-0.1, -0.05) is 25.7 Å². The predicted molar refractivity (Wildman–Crippen MR) is 105 cm³/mol. The van der Waals surface area contributed by atoms with Crippen LogP contribution in [0.3, 0.4) is 0 Å². The van der Waals surface area contributed by atoms with E-state index in [0.29, 0.717) is 25.7 Å². The molecule has 146 valence electrons. The van der Waals surface area contributed by atoms with Crippen LogP contribution in [0.25, 0.3) is 11.0 Å². The first kappa shape index (κ1) is 18.4. The van der Waals surface area contributed by atoms with Crippen molar-refractivity contribution < 1.29 is 14.6 Å². The largest absolute Gasteiger partial charge is 0.395 e. The van der Waals surface area contributed by atoms with Crippen LogP contribution in [0.5, 0.6) is 0 Å². The Labute approximate surface area is 159 Å². The lowest BCUT2D eigenvalue weighted by Gasteiger charge is -2.45. The second kappa shape index (κ2) is 7.60. The molecule has 1 aliphatic heterocycles. The molecule has 2 aromatic heterocycles. The molecule has 1 saturated heterocycles. The van der Waals surface area contributed by atoms with Crippen molar-refractivity contribution in [2.24, 2.45) is 11.3 Å². The van der Waals surface area contributed by atoms with Gasteiger partial charge in [0.15, 0.2) is 0 Å². The fraction of sp³-hybridized carbons (Fsp3) is 0.619. The van der Waals surface area contributed by atoms with E-state index in [0.717, 1.165) is 35.1 Å². The summed E-state index contributed by atoms with van der Waals surface area (Å²) in [4.78, 5) is 17.8. The molecular formula is C21H29N3O3. The van der Waals surface area contributed by atoms with Gasteiger partial charge in [-0.3, -0.25) is 4.79 Å². The number of nitrogens with zero attached hydrogens (tertiary/aromatic N) is 2. The Morgan fingerprint density at radius 2 is 2.07 bits per heavy atom. The first-order valence-corrected chi connectivity index (χ1v) is 10.1. The lowest BCUT2D eigenvalue weighted by atomic mass is 9.69. The summed E-state index contributed by atoms with van der Waals surface area (Å²) < 4.78 is 7.44. The molecule has 2 fully saturated rings. The van der Waals surface area contributed by atoms with Gasteiger partial charge in [0.2, 0.25) is 5.91 Å². The number of ether oxygens (including phenoxy) is 1. The zero-order valence-corrected chi connectivity index (χ0v) is 16.0. The average molecular weight is 371 g/mol. The standard InChI is InChI=1S/C21H29N3O3/c1-15-8-9-22-19-18(15)17(12-24(19)10-11-25)23-20(26)21(13-27-14-21)16-6-4-2-3-5-7-16/h8-9,12,16,25H,2-7,10-11,13-14H2,1H3,(H,23,26). The second-order valence-electron chi connectivity index (χ2n) is 8.08. The molecule has 6 nitrogen and oxygen atoms in total. The highest BCUT2D eigenvalue weighted by atomic mass is 16.5. The number of rotatable bonds is 5. The molecule has 0 aromatic carbocycles. The molecule has 2 aliphatic rings. The number of anilines is 1. The van der Waals surface area contributed by atoms with Crippen LogP contribution >= 0.6 is 0 Å². The third-order valence-corrected chi connectivity index (χ3v) is 6.36. The summed E-state index contributed by atoms with van der Waals surface area (Å²) in [6.45, 7) is 3.56. The Hall–Kier alpha value is -1.92. The molecule has 6 heteroatoms. The highest BCUT2D eigenvalue weighted by Gasteiger charge is 2.51. The van der Waals surface area contributed by atoms with Crippen molar-refractivity contribution in [2.75, 3.05) is 25.1 Å². The molecule has 3 heterocycles. The number of carbonyl (C=O) groups is 1. The first-order valence-electron chi connectivity index (χ1n) is 10.1. The molecule has 2 N–H and O–H groups in total. The number of aryl methyl sites for hydroxylation is 1. The lowest BCUT2D eigenvalue weighted by molar-refractivity contribution is -0.170. The highest BCUT2D eigenvalue weighted by Crippen LogP contribution is 2.44. The molecule has 0 radical (unpaired) electrons. The Bertz CT molecular complexity index is 817. The molecule has 0 unspecified atom stereocenters. The van der Waals surface area contributed by atoms with E-state index in [1.807, 2.05) is 23.8 Å². The average Bonchev–Trinajstić information content (AvgIpc) is 2.79. The fourth-order valence-electron chi connectivity index (χ4n) is 4.70. The van der Waals surface area contributed by atoms with Crippen LogP contribution in [0, 0.1) is 18.3 Å². The number of hydrogen-bond donors (Lipinski definition) is 2. The van der Waals surface area contributed by atoms with Gasteiger partial charge >= 0.3 is 0 Å². The van der Waals surface area contributed by atoms with Gasteiger partial charge in [0.05, 0.1) is 30.9 Å². The summed E-state index contributed by atoms with van der Waals surface area (Å²) in [7, 11) is 0. The van der Waals surface area contributed by atoms with E-state index >= 15 is 0 Å². The maximum Gasteiger partial charge on any atom is 0.235 e. The van der Waals surface area contributed by atoms with Gasteiger partial charge in [-0.25, -0.2) is 4.98 Å². The minimum absolute atomic E-state index is 0.0344. The predicted octanol–water partition coefficient (Wildman–Crippen LogP) is 3.26. The number of pyridine rings is 1. The van der Waals surface area contributed by atoms with Gasteiger partial charge in [-0.05, 0) is 37.3 Å². The maximum absolute atomic E-state index is 13.4. The molecule has 0 bridgehead atoms. The van der Waals surface area contributed by atoms with Crippen LogP contribution in [-0.4, -0.2) is 40.4 Å². The molecule has 0 atom stereocenters. The van der Waals surface area contributed by atoms with Crippen molar-refractivity contribution in [1.29, 1.82) is 0 Å². The van der Waals surface area contributed by atoms with Crippen LogP contribution in [0.4, 0.5) is 5.69 Å². The van der Waals surface area contributed by atoms with Crippen LogP contribution in [0.2, 0.25) is 0 Å². The normalized spacial score (nSPS) is 20.2. The van der Waals surface area contributed by atoms with Crippen LogP contribution < -0.4 is 5.32 Å². The number of fused-ring (bicyclic) bond motifs is 1. The van der Waals surface area contributed by atoms with Gasteiger partial charge in [0.1, 0.15) is 5.65 Å². The van der Waals surface area contributed by atoms with E-state index < -0.39 is 5.41 Å². The molecular weight excluding hydrogens is 342 g/mol. The molecule has 1 aliphatic carbocycles. The Morgan fingerprint density at radius 1 is 1.33 bits per heavy atom. The molecule has 1 saturated carbocycles. The van der Waals surface area contributed by atoms with Gasteiger partial charge < -0.3 is 19.7 Å². The molecule has 27 heavy (non-hydrogen) atoms. The van der Waals surface area contributed by atoms with Crippen LogP contribution in [-0.2, 0) is 16.1 Å². The van der Waals surface area contributed by atoms with Crippen molar-refractivity contribution in [3.8, 4) is 0 Å². The monoisotopic (exact) mass is 371 g/mol. The summed E-state index contributed by atoms with van der Waals surface area (Å²) in [5.41, 5.74) is 2.26. The summed E-state index contributed by atoms with van der Waals surface area (Å²) in [6, 6.07) is 1.95. The lowest BCUT2D eigenvalue weighted by Crippen LogP contribution is -2.56. The summed E-state index contributed by atoms with van der Waals surface area (Å²) in [5, 5.41) is 13.5. The first-order chi connectivity index (χ1) is 13.2. The van der Waals surface area contributed by atoms with E-state index in [9.17, 15) is 9.90 Å². The van der Waals surface area contributed by atoms with E-state index in [-0.39, 0.29) is 12.5 Å². The number of aliphatic hydroxyl groups excluding tert-OH is 1. The van der Waals surface area contributed by atoms with Crippen molar-refractivity contribution in [3.05, 3.63) is 24.0 Å². The van der Waals surface area contributed by atoms with E-state index in [4.69, 9.17) is 4.74 Å². The third kappa shape index (κ3) is 3.25. The number of carbonyl (C=O) groups excluding carboxylic acids is 1. The Morgan fingerprint density at radius 3 is 2.70 bits per heavy atom. The van der Waals surface area contributed by atoms with Crippen molar-refractivity contribution in [3.63, 3.8) is 0 Å². The highest BCUT2D eigenvalue weighted by molar-refractivity contribution is 6.04. The fourth-order valence-corrected chi connectivity index (χ4v) is 4.70. The van der Waals surface area contributed by atoms with Gasteiger partial charge in [0.25, 0.3) is 0 Å². The number of aromatic nitrogens is 2. The maximum atomic E-state index is 13.4. The number of nitrogens with one attached hydrogen (secondary N) is 1. The minimum Gasteiger partial charge on any atom is -0.395 e. The molecule has 2 aromatic rings. The quantitative estimate of drug-likeness (QED) is 0.791. The van der Waals surface area contributed by atoms with Gasteiger partial charge in [-0.15, -0.1) is 0 Å². The molecule has 0 spiro atoms. The van der Waals surface area contributed by atoms with Crippen LogP contribution in [0.15, 0.2) is 18.5 Å². The number of aliphatic hydroxyl groups is 1. The van der Waals surface area contributed by atoms with E-state index in [1.165, 1.54) is 25.7 Å². The SMILES string of the molecule is Cc1ccnc2c1c(NC(=O)C1(C3CCCCCC3)COC1)cn2CCO. The number of hydrogen-bond acceptors (Lipinski definition) is 4. The Balaban J connectivity index is 1.64. The zero-order valence-electron chi connectivity index (χ0n) is 16.0. The number of amides is 1. The van der Waals surface area contributed by atoms with Gasteiger partial charge in [-0.2, -0.15) is 0 Å². The Kier molecular flexibility index (Phi) is 5.19. The van der Waals surface area contributed by atoms with E-state index in [2.05, 4.69) is 10.3 Å². The third-order valence-electron chi connectivity index (χ3n) is 6.36. The summed E-state index contributed by atoms with van der Waals surface area (Å²) >= 11 is 0. The minimum atomic E-state index is -0.397. The second-order valence-corrected chi connectivity index (χ2v) is 8.08. The molecule has 4 rings (SSSR count). The smallest absolute Gasteiger partial charge is 0.235 e. The molecule has 1 amide bonds. The van der Waals surface area contributed by atoms with Crippen molar-refractivity contribution in [1.82, 2.24) is 9.55 Å². The zero-order chi connectivity index (χ0) is 18.9. The van der Waals surface area contributed by atoms with Gasteiger partial charge in [0, 0.05) is 24.3 Å². The van der Waals surface area contributed by atoms with E-state index in [1.54, 1.807) is 6.20 Å². The summed E-state index contributed by atoms with van der Waals surface area (Å²) in [5.74, 6) is 0.478. The summed E-state index contributed by atoms with van der Waals surface area (Å²) in [6.07, 6.45) is 10.9. The van der Waals surface area contributed by atoms with Crippen molar-refractivity contribution in [2.45, 2.75) is 52.0 Å². The van der Waals surface area contributed by atoms with Crippen LogP contribution in [0.1, 0.15) is 44.1 Å². The topological polar surface area (TPSA) is 76.4 Å². The van der Waals surface area contributed by atoms with Crippen molar-refractivity contribution >= 4 is 22.6 Å².